The number of aliphatic hydroxyl groups is 1. The van der Waals surface area contributed by atoms with E-state index in [4.69, 9.17) is 0 Å². The van der Waals surface area contributed by atoms with Gasteiger partial charge in [0.15, 0.2) is 0 Å². The largest absolute Gasteiger partial charge is 0.384 e. The highest BCUT2D eigenvalue weighted by Gasteiger charge is 2.24. The fourth-order valence-electron chi connectivity index (χ4n) is 2.17. The minimum Gasteiger partial charge on any atom is -0.384 e. The van der Waals surface area contributed by atoms with Gasteiger partial charge in [-0.25, -0.2) is 4.39 Å². The van der Waals surface area contributed by atoms with Crippen molar-refractivity contribution in [2.24, 2.45) is 0 Å². The van der Waals surface area contributed by atoms with Gasteiger partial charge in [-0.2, -0.15) is 11.3 Å². The standard InChI is InChI=1S/C17H21FN2O2S/c1-12(19-11-17(2,22)13-6-7-23-10-13)8-16(21)20-15-5-3-4-14(18)9-15/h3-7,9-10,12,19,22H,8,11H2,1-2H3,(H,20,21). The molecule has 1 amide bonds. The second-order valence-corrected chi connectivity index (χ2v) is 6.61. The first-order valence-corrected chi connectivity index (χ1v) is 8.35. The molecule has 23 heavy (non-hydrogen) atoms. The Bertz CT molecular complexity index is 644. The average Bonchev–Trinajstić information content (AvgIpc) is 3.00. The first-order valence-electron chi connectivity index (χ1n) is 7.41. The first-order chi connectivity index (χ1) is 10.9. The maximum Gasteiger partial charge on any atom is 0.225 e. The zero-order valence-corrected chi connectivity index (χ0v) is 14.0. The van der Waals surface area contributed by atoms with Crippen molar-refractivity contribution in [2.75, 3.05) is 11.9 Å². The summed E-state index contributed by atoms with van der Waals surface area (Å²) in [6, 6.07) is 7.55. The topological polar surface area (TPSA) is 61.4 Å². The van der Waals surface area contributed by atoms with Gasteiger partial charge in [0.2, 0.25) is 5.91 Å². The van der Waals surface area contributed by atoms with Crippen LogP contribution in [0.4, 0.5) is 10.1 Å². The molecule has 0 spiro atoms. The molecule has 0 saturated heterocycles. The normalized spacial score (nSPS) is 15.0. The van der Waals surface area contributed by atoms with E-state index in [2.05, 4.69) is 10.6 Å². The zero-order chi connectivity index (χ0) is 16.9. The fourth-order valence-corrected chi connectivity index (χ4v) is 2.96. The Kier molecular flexibility index (Phi) is 5.87. The van der Waals surface area contributed by atoms with Crippen molar-refractivity contribution in [3.05, 3.63) is 52.5 Å². The summed E-state index contributed by atoms with van der Waals surface area (Å²) in [6.07, 6.45) is 0.232. The Labute approximate surface area is 139 Å². The lowest BCUT2D eigenvalue weighted by Crippen LogP contribution is -2.40. The van der Waals surface area contributed by atoms with Crippen LogP contribution < -0.4 is 10.6 Å². The van der Waals surface area contributed by atoms with E-state index < -0.39 is 5.60 Å². The molecule has 1 aromatic heterocycles. The number of carbonyl (C=O) groups excluding carboxylic acids is 1. The van der Waals surface area contributed by atoms with Crippen molar-refractivity contribution >= 4 is 22.9 Å². The van der Waals surface area contributed by atoms with Gasteiger partial charge < -0.3 is 15.7 Å². The third-order valence-corrected chi connectivity index (χ3v) is 4.22. The van der Waals surface area contributed by atoms with E-state index in [-0.39, 0.29) is 24.2 Å². The Morgan fingerprint density at radius 1 is 1.43 bits per heavy atom. The first kappa shape index (κ1) is 17.6. The van der Waals surface area contributed by atoms with Crippen LogP contribution in [0.25, 0.3) is 0 Å². The van der Waals surface area contributed by atoms with E-state index >= 15 is 0 Å². The molecule has 0 radical (unpaired) electrons. The second-order valence-electron chi connectivity index (χ2n) is 5.83. The van der Waals surface area contributed by atoms with Crippen molar-refractivity contribution in [3.8, 4) is 0 Å². The molecular formula is C17H21FN2O2S. The number of thiophene rings is 1. The number of carbonyl (C=O) groups is 1. The van der Waals surface area contributed by atoms with Gasteiger partial charge in [-0.05, 0) is 54.4 Å². The molecule has 0 aliphatic rings. The van der Waals surface area contributed by atoms with Crippen molar-refractivity contribution in [1.29, 1.82) is 0 Å². The van der Waals surface area contributed by atoms with Gasteiger partial charge in [-0.1, -0.05) is 6.07 Å². The summed E-state index contributed by atoms with van der Waals surface area (Å²) in [5.74, 6) is -0.591. The molecule has 0 fully saturated rings. The van der Waals surface area contributed by atoms with Crippen LogP contribution in [-0.2, 0) is 10.4 Å². The third-order valence-electron chi connectivity index (χ3n) is 3.54. The Hall–Kier alpha value is -1.76. The fraction of sp³-hybridized carbons (Fsp3) is 0.353. The Morgan fingerprint density at radius 3 is 2.87 bits per heavy atom. The van der Waals surface area contributed by atoms with Gasteiger partial charge in [0.1, 0.15) is 5.82 Å². The molecule has 3 N–H and O–H groups in total. The van der Waals surface area contributed by atoms with Crippen LogP contribution in [0.5, 0.6) is 0 Å². The van der Waals surface area contributed by atoms with E-state index in [0.29, 0.717) is 12.2 Å². The van der Waals surface area contributed by atoms with Crippen molar-refractivity contribution < 1.29 is 14.3 Å². The van der Waals surface area contributed by atoms with Gasteiger partial charge >= 0.3 is 0 Å². The van der Waals surface area contributed by atoms with Gasteiger partial charge in [0.25, 0.3) is 0 Å². The molecule has 0 bridgehead atoms. The van der Waals surface area contributed by atoms with Crippen LogP contribution in [0, 0.1) is 5.82 Å². The predicted octanol–water partition coefficient (Wildman–Crippen LogP) is 3.10. The number of nitrogens with one attached hydrogen (secondary N) is 2. The van der Waals surface area contributed by atoms with Crippen LogP contribution in [0.2, 0.25) is 0 Å². The molecule has 0 saturated carbocycles. The summed E-state index contributed by atoms with van der Waals surface area (Å²) in [6.45, 7) is 3.95. The lowest BCUT2D eigenvalue weighted by Gasteiger charge is -2.25. The predicted molar refractivity (Wildman–Crippen MR) is 91.0 cm³/mol. The molecule has 0 aliphatic heterocycles. The quantitative estimate of drug-likeness (QED) is 0.728. The monoisotopic (exact) mass is 336 g/mol. The highest BCUT2D eigenvalue weighted by Crippen LogP contribution is 2.22. The van der Waals surface area contributed by atoms with Crippen molar-refractivity contribution in [3.63, 3.8) is 0 Å². The lowest BCUT2D eigenvalue weighted by molar-refractivity contribution is -0.116. The maximum absolute atomic E-state index is 13.1. The summed E-state index contributed by atoms with van der Waals surface area (Å²) in [4.78, 5) is 12.0. The smallest absolute Gasteiger partial charge is 0.225 e. The molecule has 2 aromatic rings. The average molecular weight is 336 g/mol. The SMILES string of the molecule is CC(CC(=O)Nc1cccc(F)c1)NCC(C)(O)c1ccsc1. The van der Waals surface area contributed by atoms with Crippen molar-refractivity contribution in [2.45, 2.75) is 31.9 Å². The lowest BCUT2D eigenvalue weighted by atomic mass is 9.99. The molecule has 1 heterocycles. The maximum atomic E-state index is 13.1. The summed E-state index contributed by atoms with van der Waals surface area (Å²) in [5, 5.41) is 20.1. The number of hydrogen-bond acceptors (Lipinski definition) is 4. The zero-order valence-electron chi connectivity index (χ0n) is 13.2. The van der Waals surface area contributed by atoms with Gasteiger partial charge in [0.05, 0.1) is 5.60 Å². The minimum absolute atomic E-state index is 0.117. The van der Waals surface area contributed by atoms with Crippen LogP contribution in [0.15, 0.2) is 41.1 Å². The van der Waals surface area contributed by atoms with Gasteiger partial charge in [-0.15, -0.1) is 0 Å². The molecule has 2 unspecified atom stereocenters. The highest BCUT2D eigenvalue weighted by atomic mass is 32.1. The number of amides is 1. The summed E-state index contributed by atoms with van der Waals surface area (Å²) >= 11 is 1.53. The molecule has 4 nitrogen and oxygen atoms in total. The van der Waals surface area contributed by atoms with E-state index in [9.17, 15) is 14.3 Å². The van der Waals surface area contributed by atoms with Crippen molar-refractivity contribution in [1.82, 2.24) is 5.32 Å². The second kappa shape index (κ2) is 7.68. The van der Waals surface area contributed by atoms with Crippen LogP contribution in [0.1, 0.15) is 25.8 Å². The number of hydrogen-bond donors (Lipinski definition) is 3. The highest BCUT2D eigenvalue weighted by molar-refractivity contribution is 7.08. The van der Waals surface area contributed by atoms with Crippen LogP contribution in [0.3, 0.4) is 0 Å². The number of rotatable bonds is 7. The third kappa shape index (κ3) is 5.42. The summed E-state index contributed by atoms with van der Waals surface area (Å²) in [5.41, 5.74) is 0.312. The Balaban J connectivity index is 1.80. The van der Waals surface area contributed by atoms with E-state index in [1.807, 2.05) is 23.8 Å². The van der Waals surface area contributed by atoms with E-state index in [1.54, 1.807) is 19.1 Å². The van der Waals surface area contributed by atoms with E-state index in [1.165, 1.54) is 23.5 Å². The minimum atomic E-state index is -0.979. The molecule has 2 rings (SSSR count). The molecular weight excluding hydrogens is 315 g/mol. The summed E-state index contributed by atoms with van der Waals surface area (Å²) in [7, 11) is 0. The molecule has 0 aliphatic carbocycles. The number of benzene rings is 1. The van der Waals surface area contributed by atoms with Crippen LogP contribution >= 0.6 is 11.3 Å². The van der Waals surface area contributed by atoms with Gasteiger partial charge in [0, 0.05) is 24.7 Å². The van der Waals surface area contributed by atoms with Gasteiger partial charge in [-0.3, -0.25) is 4.79 Å². The molecule has 2 atom stereocenters. The molecule has 6 heteroatoms. The molecule has 1 aromatic carbocycles. The molecule has 124 valence electrons. The Morgan fingerprint density at radius 2 is 2.22 bits per heavy atom. The number of halogens is 1. The summed E-state index contributed by atoms with van der Waals surface area (Å²) < 4.78 is 13.1. The van der Waals surface area contributed by atoms with Crippen LogP contribution in [-0.4, -0.2) is 23.6 Å². The number of anilines is 1. The van der Waals surface area contributed by atoms with E-state index in [0.717, 1.165) is 5.56 Å².